The van der Waals surface area contributed by atoms with Crippen molar-refractivity contribution >= 4 is 12.0 Å². The summed E-state index contributed by atoms with van der Waals surface area (Å²) < 4.78 is 35.7. The molecular formula is C19H23FO4S. The number of methoxy groups -OCH3 is 3. The van der Waals surface area contributed by atoms with E-state index < -0.39 is 6.10 Å². The van der Waals surface area contributed by atoms with Crippen LogP contribution in [0.5, 0.6) is 5.75 Å². The van der Waals surface area contributed by atoms with E-state index in [1.807, 2.05) is 30.3 Å². The van der Waals surface area contributed by atoms with Crippen LogP contribution in [-0.2, 0) is 20.0 Å². The quantitative estimate of drug-likeness (QED) is 0.583. The molecule has 0 bridgehead atoms. The molecule has 0 unspecified atom stereocenters. The average Bonchev–Trinajstić information content (AvgIpc) is 2.62. The van der Waals surface area contributed by atoms with Crippen LogP contribution in [0, 0.1) is 5.82 Å². The molecule has 0 aliphatic heterocycles. The number of benzene rings is 2. The van der Waals surface area contributed by atoms with Crippen molar-refractivity contribution in [3.63, 3.8) is 0 Å². The first kappa shape index (κ1) is 19.7. The van der Waals surface area contributed by atoms with Gasteiger partial charge < -0.3 is 18.4 Å². The van der Waals surface area contributed by atoms with E-state index >= 15 is 0 Å². The monoisotopic (exact) mass is 366 g/mol. The molecule has 0 spiro atoms. The van der Waals surface area contributed by atoms with E-state index in [9.17, 15) is 4.39 Å². The van der Waals surface area contributed by atoms with Gasteiger partial charge in [0.25, 0.3) is 0 Å². The van der Waals surface area contributed by atoms with E-state index in [-0.39, 0.29) is 11.9 Å². The minimum Gasteiger partial charge on any atom is -0.425 e. The van der Waals surface area contributed by atoms with Gasteiger partial charge in [-0.2, -0.15) is 0 Å². The minimum absolute atomic E-state index is 0.338. The van der Waals surface area contributed by atoms with Gasteiger partial charge >= 0.3 is 0 Å². The van der Waals surface area contributed by atoms with Crippen LogP contribution in [0.4, 0.5) is 4.39 Å². The summed E-state index contributed by atoms with van der Waals surface area (Å²) in [4.78, 5) is 0. The molecule has 2 aromatic carbocycles. The number of hydrogen-bond acceptors (Lipinski definition) is 5. The van der Waals surface area contributed by atoms with E-state index in [4.69, 9.17) is 18.4 Å². The zero-order valence-corrected chi connectivity index (χ0v) is 15.4. The molecule has 0 saturated heterocycles. The van der Waals surface area contributed by atoms with Crippen molar-refractivity contribution in [2.24, 2.45) is 0 Å². The van der Waals surface area contributed by atoms with Crippen molar-refractivity contribution in [3.05, 3.63) is 65.5 Å². The Balaban J connectivity index is 2.07. The lowest BCUT2D eigenvalue weighted by atomic mass is 10.0. The number of ether oxygens (including phenoxy) is 3. The van der Waals surface area contributed by atoms with E-state index in [2.05, 4.69) is 0 Å². The van der Waals surface area contributed by atoms with Crippen molar-refractivity contribution in [2.75, 3.05) is 27.9 Å². The van der Waals surface area contributed by atoms with Gasteiger partial charge in [-0.3, -0.25) is 0 Å². The minimum atomic E-state index is -0.456. The Bertz CT molecular complexity index is 639. The lowest BCUT2D eigenvalue weighted by molar-refractivity contribution is -0.0697. The van der Waals surface area contributed by atoms with Gasteiger partial charge in [0.1, 0.15) is 23.8 Å². The predicted molar refractivity (Wildman–Crippen MR) is 97.2 cm³/mol. The molecule has 6 heteroatoms. The molecular weight excluding hydrogens is 343 g/mol. The van der Waals surface area contributed by atoms with Gasteiger partial charge in [0.15, 0.2) is 0 Å². The highest BCUT2D eigenvalue weighted by atomic mass is 32.2. The van der Waals surface area contributed by atoms with Crippen molar-refractivity contribution in [1.82, 2.24) is 0 Å². The highest BCUT2D eigenvalue weighted by Gasteiger charge is 2.24. The van der Waals surface area contributed by atoms with Gasteiger partial charge in [-0.05, 0) is 23.3 Å². The first-order valence-electron chi connectivity index (χ1n) is 7.86. The summed E-state index contributed by atoms with van der Waals surface area (Å²) in [7, 11) is 4.71. The zero-order chi connectivity index (χ0) is 18.1. The van der Waals surface area contributed by atoms with Crippen LogP contribution in [0.2, 0.25) is 0 Å². The summed E-state index contributed by atoms with van der Waals surface area (Å²) in [5, 5.41) is 0. The number of rotatable bonds is 10. The predicted octanol–water partition coefficient (Wildman–Crippen LogP) is 4.40. The fourth-order valence-electron chi connectivity index (χ4n) is 2.48. The van der Waals surface area contributed by atoms with Crippen LogP contribution in [0.1, 0.15) is 17.2 Å². The Morgan fingerprint density at radius 3 is 2.40 bits per heavy atom. The molecule has 0 heterocycles. The molecule has 0 fully saturated rings. The summed E-state index contributed by atoms with van der Waals surface area (Å²) >= 11 is 1.26. The van der Waals surface area contributed by atoms with E-state index in [1.165, 1.54) is 24.2 Å². The van der Waals surface area contributed by atoms with E-state index in [1.54, 1.807) is 27.4 Å². The third-order valence-electron chi connectivity index (χ3n) is 3.67. The largest absolute Gasteiger partial charge is 0.425 e. The average molecular weight is 366 g/mol. The highest BCUT2D eigenvalue weighted by molar-refractivity contribution is 7.94. The lowest BCUT2D eigenvalue weighted by Crippen LogP contribution is -2.27. The second-order valence-corrected chi connectivity index (χ2v) is 6.13. The zero-order valence-electron chi connectivity index (χ0n) is 14.6. The van der Waals surface area contributed by atoms with E-state index in [0.29, 0.717) is 23.7 Å². The maximum Gasteiger partial charge on any atom is 0.140 e. The first-order valence-corrected chi connectivity index (χ1v) is 8.77. The summed E-state index contributed by atoms with van der Waals surface area (Å²) in [6.07, 6.45) is -0.802. The summed E-state index contributed by atoms with van der Waals surface area (Å²) in [6, 6.07) is 14.5. The van der Waals surface area contributed by atoms with Gasteiger partial charge in [0, 0.05) is 27.4 Å². The smallest absolute Gasteiger partial charge is 0.140 e. The molecule has 0 aliphatic carbocycles. The molecule has 0 N–H and O–H groups in total. The Morgan fingerprint density at radius 2 is 1.76 bits per heavy atom. The molecule has 0 amide bonds. The first-order chi connectivity index (χ1) is 12.2. The van der Waals surface area contributed by atoms with Crippen molar-refractivity contribution in [2.45, 2.75) is 18.0 Å². The third kappa shape index (κ3) is 6.01. The van der Waals surface area contributed by atoms with Crippen LogP contribution in [0.3, 0.4) is 0 Å². The molecule has 0 radical (unpaired) electrons. The molecule has 0 saturated carbocycles. The van der Waals surface area contributed by atoms with Gasteiger partial charge in [-0.1, -0.05) is 30.3 Å². The second kappa shape index (κ2) is 10.4. The molecule has 4 nitrogen and oxygen atoms in total. The molecule has 2 atom stereocenters. The Hall–Kier alpha value is -1.60. The van der Waals surface area contributed by atoms with Gasteiger partial charge in [-0.15, -0.1) is 0 Å². The summed E-state index contributed by atoms with van der Waals surface area (Å²) in [5.74, 6) is 0.720. The number of hydrogen-bond donors (Lipinski definition) is 0. The van der Waals surface area contributed by atoms with Gasteiger partial charge in [0.2, 0.25) is 0 Å². The second-order valence-electron chi connectivity index (χ2n) is 5.44. The van der Waals surface area contributed by atoms with Crippen LogP contribution >= 0.6 is 12.0 Å². The molecule has 25 heavy (non-hydrogen) atoms. The topological polar surface area (TPSA) is 36.9 Å². The number of halogens is 1. The molecule has 2 rings (SSSR count). The SMILES string of the molecule is COC[C@@H](OC)[C@@H](OC)c1cc(F)cc(OSCc2ccccc2)c1. The lowest BCUT2D eigenvalue weighted by Gasteiger charge is -2.25. The van der Waals surface area contributed by atoms with Crippen molar-refractivity contribution in [3.8, 4) is 5.75 Å². The van der Waals surface area contributed by atoms with Crippen LogP contribution in [-0.4, -0.2) is 34.0 Å². The van der Waals surface area contributed by atoms with E-state index in [0.717, 1.165) is 5.56 Å². The van der Waals surface area contributed by atoms with Crippen molar-refractivity contribution in [1.29, 1.82) is 0 Å². The summed E-state index contributed by atoms with van der Waals surface area (Å²) in [6.45, 7) is 0.338. The highest BCUT2D eigenvalue weighted by Crippen LogP contribution is 2.29. The van der Waals surface area contributed by atoms with Gasteiger partial charge in [0.05, 0.1) is 24.4 Å². The molecule has 0 aromatic heterocycles. The fourth-order valence-corrected chi connectivity index (χ4v) is 3.10. The van der Waals surface area contributed by atoms with Crippen molar-refractivity contribution < 1.29 is 22.8 Å². The van der Waals surface area contributed by atoms with Crippen LogP contribution in [0.25, 0.3) is 0 Å². The van der Waals surface area contributed by atoms with Gasteiger partial charge in [-0.25, -0.2) is 4.39 Å². The Morgan fingerprint density at radius 1 is 1.00 bits per heavy atom. The molecule has 136 valence electrons. The molecule has 0 aliphatic rings. The normalized spacial score (nSPS) is 13.4. The Kier molecular flexibility index (Phi) is 8.21. The fraction of sp³-hybridized carbons (Fsp3) is 0.368. The Labute approximate surface area is 152 Å². The van der Waals surface area contributed by atoms with Crippen LogP contribution < -0.4 is 4.18 Å². The van der Waals surface area contributed by atoms with Crippen LogP contribution in [0.15, 0.2) is 48.5 Å². The maximum atomic E-state index is 14.0. The molecule has 2 aromatic rings. The standard InChI is InChI=1S/C19H23FO4S/c1-21-12-18(22-2)19(23-3)15-9-16(20)11-17(10-15)24-25-13-14-7-5-4-6-8-14/h4-11,18-19H,12-13H2,1-3H3/t18-,19+/m1/s1. The third-order valence-corrected chi connectivity index (χ3v) is 4.43. The maximum absolute atomic E-state index is 14.0. The summed E-state index contributed by atoms with van der Waals surface area (Å²) in [5.41, 5.74) is 1.78.